The first-order valence-electron chi connectivity index (χ1n) is 19.3. The number of nitriles is 1. The molecule has 2 saturated heterocycles. The first kappa shape index (κ1) is 40.9. The van der Waals surface area contributed by atoms with Crippen LogP contribution in [0.5, 0.6) is 5.75 Å². The lowest BCUT2D eigenvalue weighted by molar-refractivity contribution is -0.169. The number of nitrogens with zero attached hydrogens (tertiary/aromatic N) is 4. The Morgan fingerprint density at radius 1 is 0.966 bits per heavy atom. The highest BCUT2D eigenvalue weighted by Crippen LogP contribution is 2.55. The van der Waals surface area contributed by atoms with Crippen molar-refractivity contribution in [3.63, 3.8) is 0 Å². The summed E-state index contributed by atoms with van der Waals surface area (Å²) in [6.45, 7) is 12.4. The standard InChI is InChI=1S/C42H45ClF3N7O5/c1-40(2)38(41(3,4)39(40)58-27-13-10-25(23-47)29(43)22-27)50-34(54)24-8-11-26(12-9-24)52-20-18-51(19-21-52)17-16-48-30-7-5-6-28-33(30)37(57)53(36(28)56)31-14-15-32(42(44,45)46)49-35(31)55/h5-13,22,31-32,38-39,48H,14-21H2,1-4H3,(H,49,55)(H,50,54). The van der Waals surface area contributed by atoms with Crippen LogP contribution in [0.1, 0.15) is 77.2 Å². The van der Waals surface area contributed by atoms with E-state index in [-0.39, 0.29) is 35.6 Å². The van der Waals surface area contributed by atoms with Crippen LogP contribution in [0.15, 0.2) is 60.7 Å². The molecule has 1 saturated carbocycles. The second kappa shape index (κ2) is 15.4. The molecular weight excluding hydrogens is 775 g/mol. The predicted octanol–water partition coefficient (Wildman–Crippen LogP) is 5.86. The number of nitrogens with one attached hydrogen (secondary N) is 3. The van der Waals surface area contributed by atoms with Crippen molar-refractivity contribution in [3.05, 3.63) is 87.9 Å². The fourth-order valence-corrected chi connectivity index (χ4v) is 9.45. The van der Waals surface area contributed by atoms with E-state index in [0.717, 1.165) is 36.8 Å². The maximum absolute atomic E-state index is 13.5. The highest BCUT2D eigenvalue weighted by Gasteiger charge is 2.64. The number of ether oxygens (including phenoxy) is 1. The van der Waals surface area contributed by atoms with Gasteiger partial charge < -0.3 is 25.6 Å². The number of piperidine rings is 1. The molecule has 3 aliphatic heterocycles. The van der Waals surface area contributed by atoms with Crippen LogP contribution in [0.2, 0.25) is 5.02 Å². The molecule has 0 bridgehead atoms. The number of halogens is 4. The van der Waals surface area contributed by atoms with E-state index < -0.39 is 53.2 Å². The molecule has 4 amide bonds. The molecule has 3 fully saturated rings. The fourth-order valence-electron chi connectivity index (χ4n) is 9.23. The largest absolute Gasteiger partial charge is 0.489 e. The van der Waals surface area contributed by atoms with Gasteiger partial charge in [0.2, 0.25) is 5.91 Å². The minimum atomic E-state index is -4.61. The number of alkyl halides is 3. The van der Waals surface area contributed by atoms with Crippen molar-refractivity contribution >= 4 is 46.6 Å². The van der Waals surface area contributed by atoms with Crippen LogP contribution in [-0.2, 0) is 4.79 Å². The molecule has 4 aliphatic rings. The minimum Gasteiger partial charge on any atom is -0.489 e. The van der Waals surface area contributed by atoms with E-state index >= 15 is 0 Å². The lowest BCUT2D eigenvalue weighted by atomic mass is 9.49. The number of amides is 4. The maximum Gasteiger partial charge on any atom is 0.408 e. The first-order valence-corrected chi connectivity index (χ1v) is 19.7. The number of piperazine rings is 1. The highest BCUT2D eigenvalue weighted by molar-refractivity contribution is 6.31. The lowest BCUT2D eigenvalue weighted by Crippen LogP contribution is -2.74. The lowest BCUT2D eigenvalue weighted by Gasteiger charge is -2.63. The Hall–Kier alpha value is -5.33. The van der Waals surface area contributed by atoms with E-state index in [1.165, 1.54) is 6.07 Å². The summed E-state index contributed by atoms with van der Waals surface area (Å²) in [6.07, 6.45) is -5.53. The molecule has 1 aliphatic carbocycles. The van der Waals surface area contributed by atoms with Crippen LogP contribution in [-0.4, -0.2) is 103 Å². The van der Waals surface area contributed by atoms with Gasteiger partial charge in [0.1, 0.15) is 30.0 Å². The zero-order valence-electron chi connectivity index (χ0n) is 32.6. The number of carbonyl (C=O) groups excluding carboxylic acids is 4. The second-order valence-corrected chi connectivity index (χ2v) is 16.9. The van der Waals surface area contributed by atoms with E-state index in [4.69, 9.17) is 16.3 Å². The molecule has 12 nitrogen and oxygen atoms in total. The summed E-state index contributed by atoms with van der Waals surface area (Å²) in [5, 5.41) is 17.9. The van der Waals surface area contributed by atoms with Crippen LogP contribution < -0.4 is 25.6 Å². The summed E-state index contributed by atoms with van der Waals surface area (Å²) in [4.78, 5) is 58.1. The molecule has 0 aromatic heterocycles. The zero-order chi connectivity index (χ0) is 41.7. The molecule has 16 heteroatoms. The van der Waals surface area contributed by atoms with Gasteiger partial charge in [-0.2, -0.15) is 18.4 Å². The van der Waals surface area contributed by atoms with Gasteiger partial charge in [0.25, 0.3) is 17.7 Å². The van der Waals surface area contributed by atoms with Crippen molar-refractivity contribution in [2.24, 2.45) is 10.8 Å². The third kappa shape index (κ3) is 7.55. The van der Waals surface area contributed by atoms with E-state index in [0.29, 0.717) is 40.7 Å². The fraction of sp³-hybridized carbons (Fsp3) is 0.452. The summed E-state index contributed by atoms with van der Waals surface area (Å²) in [5.74, 6) is -2.00. The molecule has 3 aromatic rings. The van der Waals surface area contributed by atoms with Crippen molar-refractivity contribution in [1.29, 1.82) is 5.26 Å². The maximum atomic E-state index is 13.5. The number of fused-ring (bicyclic) bond motifs is 1. The Labute approximate surface area is 339 Å². The van der Waals surface area contributed by atoms with E-state index in [9.17, 15) is 37.6 Å². The number of hydrogen-bond acceptors (Lipinski definition) is 9. The number of benzene rings is 3. The van der Waals surface area contributed by atoms with E-state index in [2.05, 4.69) is 54.2 Å². The molecule has 0 radical (unpaired) electrons. The van der Waals surface area contributed by atoms with Gasteiger partial charge in [-0.15, -0.1) is 0 Å². The Bertz CT molecular complexity index is 2150. The summed E-state index contributed by atoms with van der Waals surface area (Å²) >= 11 is 6.23. The smallest absolute Gasteiger partial charge is 0.408 e. The number of anilines is 2. The van der Waals surface area contributed by atoms with Crippen molar-refractivity contribution in [1.82, 2.24) is 20.4 Å². The van der Waals surface area contributed by atoms with Gasteiger partial charge >= 0.3 is 6.18 Å². The average Bonchev–Trinajstić information content (AvgIpc) is 3.44. The molecule has 58 heavy (non-hydrogen) atoms. The summed E-state index contributed by atoms with van der Waals surface area (Å²) in [7, 11) is 0. The van der Waals surface area contributed by atoms with Crippen molar-refractivity contribution < 1.29 is 37.1 Å². The highest BCUT2D eigenvalue weighted by atomic mass is 35.5. The van der Waals surface area contributed by atoms with Gasteiger partial charge in [-0.3, -0.25) is 29.0 Å². The minimum absolute atomic E-state index is 0.110. The molecule has 3 aromatic carbocycles. The van der Waals surface area contributed by atoms with Crippen LogP contribution in [0.4, 0.5) is 24.5 Å². The van der Waals surface area contributed by atoms with Gasteiger partial charge in [-0.25, -0.2) is 0 Å². The number of imide groups is 1. The molecule has 2 unspecified atom stereocenters. The second-order valence-electron chi connectivity index (χ2n) is 16.5. The third-order valence-electron chi connectivity index (χ3n) is 12.0. The number of hydrogen-bond donors (Lipinski definition) is 3. The van der Waals surface area contributed by atoms with E-state index in [1.807, 2.05) is 29.6 Å². The molecule has 306 valence electrons. The molecule has 2 atom stereocenters. The summed E-state index contributed by atoms with van der Waals surface area (Å²) < 4.78 is 45.9. The van der Waals surface area contributed by atoms with E-state index in [1.54, 1.807) is 30.3 Å². The van der Waals surface area contributed by atoms with Gasteiger partial charge in [0, 0.05) is 79.1 Å². The zero-order valence-corrected chi connectivity index (χ0v) is 33.3. The monoisotopic (exact) mass is 819 g/mol. The van der Waals surface area contributed by atoms with Gasteiger partial charge in [0.15, 0.2) is 0 Å². The molecular formula is C42H45ClF3N7O5. The normalized spacial score (nSPS) is 24.0. The predicted molar refractivity (Wildman–Crippen MR) is 211 cm³/mol. The van der Waals surface area contributed by atoms with Gasteiger partial charge in [-0.1, -0.05) is 45.4 Å². The first-order chi connectivity index (χ1) is 27.4. The van der Waals surface area contributed by atoms with Crippen LogP contribution in [0, 0.1) is 22.2 Å². The summed E-state index contributed by atoms with van der Waals surface area (Å²) in [6, 6.07) is 15.9. The summed E-state index contributed by atoms with van der Waals surface area (Å²) in [5.41, 5.74) is 1.80. The third-order valence-corrected chi connectivity index (χ3v) is 12.4. The number of carbonyl (C=O) groups is 4. The van der Waals surface area contributed by atoms with Crippen LogP contribution >= 0.6 is 11.6 Å². The van der Waals surface area contributed by atoms with Crippen molar-refractivity contribution in [2.45, 2.75) is 70.9 Å². The SMILES string of the molecule is CC1(C)C(NC(=O)c2ccc(N3CCN(CCNc4cccc5c4C(=O)N(C4CCC(C(F)(F)F)NC4=O)C5=O)CC3)cc2)C(C)(C)C1Oc1ccc(C#N)c(Cl)c1. The molecule has 3 N–H and O–H groups in total. The average molecular weight is 820 g/mol. The number of rotatable bonds is 10. The van der Waals surface area contributed by atoms with Crippen LogP contribution in [0.3, 0.4) is 0 Å². The van der Waals surface area contributed by atoms with Crippen LogP contribution in [0.25, 0.3) is 0 Å². The molecule has 3 heterocycles. The Morgan fingerprint density at radius 3 is 2.28 bits per heavy atom. The molecule has 0 spiro atoms. The molecule has 7 rings (SSSR count). The Morgan fingerprint density at radius 2 is 1.66 bits per heavy atom. The van der Waals surface area contributed by atoms with Gasteiger partial charge in [-0.05, 0) is 61.4 Å². The van der Waals surface area contributed by atoms with Gasteiger partial charge in [0.05, 0.1) is 21.7 Å². The Kier molecular flexibility index (Phi) is 10.9. The van der Waals surface area contributed by atoms with Crippen molar-refractivity contribution in [3.8, 4) is 11.8 Å². The topological polar surface area (TPSA) is 147 Å². The van der Waals surface area contributed by atoms with Crippen molar-refractivity contribution in [2.75, 3.05) is 49.5 Å². The Balaban J connectivity index is 0.882. The quantitative estimate of drug-likeness (QED) is 0.214.